The summed E-state index contributed by atoms with van der Waals surface area (Å²) in [7, 11) is 0. The third kappa shape index (κ3) is 1.00. The van der Waals surface area contributed by atoms with Crippen molar-refractivity contribution in [2.45, 2.75) is 37.3 Å². The van der Waals surface area contributed by atoms with Gasteiger partial charge in [-0.3, -0.25) is 0 Å². The Bertz CT molecular complexity index is 166. The lowest BCUT2D eigenvalue weighted by atomic mass is 9.93. The Labute approximate surface area is 67.7 Å². The molecule has 1 saturated carbocycles. The molecule has 2 aliphatic heterocycles. The fourth-order valence-corrected chi connectivity index (χ4v) is 2.68. The van der Waals surface area contributed by atoms with Gasteiger partial charge in [0.1, 0.15) is 0 Å². The molecular formula is C9H16N2. The van der Waals surface area contributed by atoms with Gasteiger partial charge in [-0.25, -0.2) is 0 Å². The maximum Gasteiger partial charge on any atom is 0.0324 e. The second-order valence-electron chi connectivity index (χ2n) is 4.59. The summed E-state index contributed by atoms with van der Waals surface area (Å²) in [6, 6.07) is 0.800. The lowest BCUT2D eigenvalue weighted by molar-refractivity contribution is 0.338. The molecule has 0 aromatic rings. The monoisotopic (exact) mass is 152 g/mol. The van der Waals surface area contributed by atoms with E-state index in [4.69, 9.17) is 0 Å². The lowest BCUT2D eigenvalue weighted by Crippen LogP contribution is -2.49. The molecule has 3 aliphatic rings. The van der Waals surface area contributed by atoms with E-state index in [1.807, 2.05) is 0 Å². The molecule has 0 aromatic heterocycles. The standard InChI is InChI=1S/C9H16N2/c1-2-7(1)3-9-4-8(5-11-9)10-6-9/h7-8,10-11H,1-6H2. The van der Waals surface area contributed by atoms with Crippen LogP contribution in [0, 0.1) is 5.92 Å². The van der Waals surface area contributed by atoms with Crippen molar-refractivity contribution in [2.75, 3.05) is 13.1 Å². The molecule has 62 valence electrons. The van der Waals surface area contributed by atoms with Crippen LogP contribution in [0.25, 0.3) is 0 Å². The first-order valence-corrected chi connectivity index (χ1v) is 4.85. The van der Waals surface area contributed by atoms with Gasteiger partial charge in [-0.1, -0.05) is 12.8 Å². The first-order chi connectivity index (χ1) is 5.36. The van der Waals surface area contributed by atoms with Gasteiger partial charge < -0.3 is 10.6 Å². The summed E-state index contributed by atoms with van der Waals surface area (Å²) >= 11 is 0. The molecule has 2 nitrogen and oxygen atoms in total. The van der Waals surface area contributed by atoms with Gasteiger partial charge in [0, 0.05) is 24.7 Å². The molecule has 0 radical (unpaired) electrons. The predicted octanol–water partition coefficient (Wildman–Crippen LogP) is 0.490. The van der Waals surface area contributed by atoms with Crippen LogP contribution in [0.3, 0.4) is 0 Å². The molecule has 0 spiro atoms. The van der Waals surface area contributed by atoms with Gasteiger partial charge in [-0.2, -0.15) is 0 Å². The summed E-state index contributed by atoms with van der Waals surface area (Å²) < 4.78 is 0. The molecule has 1 aliphatic carbocycles. The van der Waals surface area contributed by atoms with Crippen molar-refractivity contribution in [3.63, 3.8) is 0 Å². The van der Waals surface area contributed by atoms with E-state index in [2.05, 4.69) is 10.6 Å². The van der Waals surface area contributed by atoms with Crippen molar-refractivity contribution in [1.82, 2.24) is 10.6 Å². The van der Waals surface area contributed by atoms with E-state index in [1.165, 1.54) is 38.8 Å². The van der Waals surface area contributed by atoms with Gasteiger partial charge in [-0.15, -0.1) is 0 Å². The van der Waals surface area contributed by atoms with Gasteiger partial charge in [0.25, 0.3) is 0 Å². The molecule has 2 heterocycles. The largest absolute Gasteiger partial charge is 0.311 e. The van der Waals surface area contributed by atoms with Crippen molar-refractivity contribution in [2.24, 2.45) is 5.92 Å². The van der Waals surface area contributed by atoms with Gasteiger partial charge in [-0.05, 0) is 18.8 Å². The number of nitrogens with one attached hydrogen (secondary N) is 2. The normalized spacial score (nSPS) is 48.5. The van der Waals surface area contributed by atoms with E-state index in [0.717, 1.165) is 12.0 Å². The Kier molecular flexibility index (Phi) is 1.16. The average Bonchev–Trinajstić information content (AvgIpc) is 2.63. The number of rotatable bonds is 2. The number of fused-ring (bicyclic) bond motifs is 2. The second kappa shape index (κ2) is 1.99. The van der Waals surface area contributed by atoms with E-state index >= 15 is 0 Å². The number of piperazine rings is 1. The minimum atomic E-state index is 0.534. The van der Waals surface area contributed by atoms with E-state index < -0.39 is 0 Å². The third-order valence-electron chi connectivity index (χ3n) is 3.47. The molecule has 0 amide bonds. The third-order valence-corrected chi connectivity index (χ3v) is 3.47. The molecular weight excluding hydrogens is 136 g/mol. The molecule has 2 unspecified atom stereocenters. The quantitative estimate of drug-likeness (QED) is 0.602. The van der Waals surface area contributed by atoms with E-state index in [1.54, 1.807) is 0 Å². The molecule has 2 bridgehead atoms. The number of hydrogen-bond acceptors (Lipinski definition) is 2. The fourth-order valence-electron chi connectivity index (χ4n) is 2.68. The summed E-state index contributed by atoms with van der Waals surface area (Å²) in [5.41, 5.74) is 0.534. The first-order valence-electron chi connectivity index (χ1n) is 4.85. The Morgan fingerprint density at radius 3 is 2.73 bits per heavy atom. The zero-order chi connectivity index (χ0) is 7.31. The van der Waals surface area contributed by atoms with Crippen LogP contribution in [-0.2, 0) is 0 Å². The Morgan fingerprint density at radius 2 is 2.27 bits per heavy atom. The van der Waals surface area contributed by atoms with Crippen LogP contribution in [0.1, 0.15) is 25.7 Å². The van der Waals surface area contributed by atoms with Gasteiger partial charge in [0.05, 0.1) is 0 Å². The molecule has 2 heteroatoms. The summed E-state index contributed by atoms with van der Waals surface area (Å²) in [5, 5.41) is 7.25. The van der Waals surface area contributed by atoms with Crippen LogP contribution in [0.15, 0.2) is 0 Å². The molecule has 11 heavy (non-hydrogen) atoms. The van der Waals surface area contributed by atoms with Crippen LogP contribution in [0.2, 0.25) is 0 Å². The summed E-state index contributed by atoms with van der Waals surface area (Å²) in [6.07, 6.45) is 5.82. The Hall–Kier alpha value is -0.0800. The highest BCUT2D eigenvalue weighted by molar-refractivity contribution is 5.09. The highest BCUT2D eigenvalue weighted by Gasteiger charge is 2.46. The van der Waals surface area contributed by atoms with Crippen molar-refractivity contribution in [1.29, 1.82) is 0 Å². The zero-order valence-corrected chi connectivity index (χ0v) is 6.90. The van der Waals surface area contributed by atoms with Crippen LogP contribution >= 0.6 is 0 Å². The first kappa shape index (κ1) is 6.44. The smallest absolute Gasteiger partial charge is 0.0324 e. The maximum atomic E-state index is 3.68. The molecule has 3 rings (SSSR count). The van der Waals surface area contributed by atoms with Crippen LogP contribution in [-0.4, -0.2) is 24.7 Å². The van der Waals surface area contributed by atoms with Crippen LogP contribution in [0.5, 0.6) is 0 Å². The van der Waals surface area contributed by atoms with Crippen LogP contribution in [0.4, 0.5) is 0 Å². The van der Waals surface area contributed by atoms with Crippen molar-refractivity contribution >= 4 is 0 Å². The van der Waals surface area contributed by atoms with Crippen molar-refractivity contribution < 1.29 is 0 Å². The van der Waals surface area contributed by atoms with Crippen LogP contribution < -0.4 is 10.6 Å². The zero-order valence-electron chi connectivity index (χ0n) is 6.90. The maximum absolute atomic E-state index is 3.68. The molecule has 0 aromatic carbocycles. The topological polar surface area (TPSA) is 24.1 Å². The van der Waals surface area contributed by atoms with E-state index in [0.29, 0.717) is 5.54 Å². The minimum absolute atomic E-state index is 0.534. The van der Waals surface area contributed by atoms with E-state index in [-0.39, 0.29) is 0 Å². The highest BCUT2D eigenvalue weighted by atomic mass is 15.2. The molecule has 3 fully saturated rings. The number of hydrogen-bond donors (Lipinski definition) is 2. The van der Waals surface area contributed by atoms with Crippen molar-refractivity contribution in [3.05, 3.63) is 0 Å². The highest BCUT2D eigenvalue weighted by Crippen LogP contribution is 2.41. The Morgan fingerprint density at radius 1 is 1.36 bits per heavy atom. The molecule has 2 N–H and O–H groups in total. The average molecular weight is 152 g/mol. The molecule has 2 saturated heterocycles. The summed E-state index contributed by atoms with van der Waals surface area (Å²) in [6.45, 7) is 2.45. The van der Waals surface area contributed by atoms with Gasteiger partial charge >= 0.3 is 0 Å². The molecule has 2 atom stereocenters. The van der Waals surface area contributed by atoms with E-state index in [9.17, 15) is 0 Å². The predicted molar refractivity (Wildman–Crippen MR) is 44.5 cm³/mol. The minimum Gasteiger partial charge on any atom is -0.311 e. The summed E-state index contributed by atoms with van der Waals surface area (Å²) in [5.74, 6) is 1.07. The SMILES string of the molecule is C1CC1CC12CNC(CN1)C2. The second-order valence-corrected chi connectivity index (χ2v) is 4.59. The van der Waals surface area contributed by atoms with Gasteiger partial charge in [0.15, 0.2) is 0 Å². The fraction of sp³-hybridized carbons (Fsp3) is 1.00. The lowest BCUT2D eigenvalue weighted by Gasteiger charge is -2.27. The van der Waals surface area contributed by atoms with Gasteiger partial charge in [0.2, 0.25) is 0 Å². The Balaban J connectivity index is 1.72. The van der Waals surface area contributed by atoms with Crippen molar-refractivity contribution in [3.8, 4) is 0 Å². The summed E-state index contributed by atoms with van der Waals surface area (Å²) in [4.78, 5) is 0.